The first-order valence-electron chi connectivity index (χ1n) is 8.47. The van der Waals surface area contributed by atoms with Crippen LogP contribution in [-0.4, -0.2) is 28.4 Å². The number of amides is 1. The van der Waals surface area contributed by atoms with Crippen molar-refractivity contribution in [1.29, 1.82) is 0 Å². The molecule has 0 radical (unpaired) electrons. The van der Waals surface area contributed by atoms with Crippen molar-refractivity contribution in [2.24, 2.45) is 0 Å². The second-order valence-electron chi connectivity index (χ2n) is 6.23. The molecule has 2 atom stereocenters. The van der Waals surface area contributed by atoms with E-state index >= 15 is 0 Å². The van der Waals surface area contributed by atoms with Crippen molar-refractivity contribution in [2.75, 3.05) is 12.3 Å². The normalized spacial score (nSPS) is 24.8. The molecule has 2 unspecified atom stereocenters. The molecule has 0 bridgehead atoms. The Kier molecular flexibility index (Phi) is 6.13. The Morgan fingerprint density at radius 2 is 2.05 bits per heavy atom. The van der Waals surface area contributed by atoms with Crippen molar-refractivity contribution >= 4 is 27.5 Å². The molecule has 0 aliphatic carbocycles. The fourth-order valence-electron chi connectivity index (χ4n) is 3.44. The van der Waals surface area contributed by atoms with Crippen LogP contribution < -0.4 is 0 Å². The lowest BCUT2D eigenvalue weighted by Gasteiger charge is -2.25. The van der Waals surface area contributed by atoms with Crippen molar-refractivity contribution < 1.29 is 4.79 Å². The molecular weight excluding hydrogens is 310 g/mol. The van der Waals surface area contributed by atoms with Gasteiger partial charge in [-0.25, -0.2) is 0 Å². The SMILES string of the molecule is O=C(CCCCC1CCSS1)N1CCCC1c1ccccc1. The fourth-order valence-corrected chi connectivity index (χ4v) is 6.47. The Labute approximate surface area is 141 Å². The van der Waals surface area contributed by atoms with Crippen LogP contribution >= 0.6 is 21.6 Å². The van der Waals surface area contributed by atoms with E-state index in [2.05, 4.69) is 29.2 Å². The van der Waals surface area contributed by atoms with Crippen LogP contribution in [-0.2, 0) is 4.79 Å². The van der Waals surface area contributed by atoms with Crippen LogP contribution in [0.4, 0.5) is 0 Å². The maximum atomic E-state index is 12.5. The van der Waals surface area contributed by atoms with Crippen molar-refractivity contribution in [3.8, 4) is 0 Å². The standard InChI is InChI=1S/C18H25NOS2/c20-18(11-5-4-9-16-12-14-21-22-16)19-13-6-10-17(19)15-7-2-1-3-8-15/h1-3,7-8,16-17H,4-6,9-14H2. The summed E-state index contributed by atoms with van der Waals surface area (Å²) in [5.74, 6) is 1.67. The van der Waals surface area contributed by atoms with E-state index in [-0.39, 0.29) is 0 Å². The molecule has 120 valence electrons. The van der Waals surface area contributed by atoms with Gasteiger partial charge in [0.2, 0.25) is 5.91 Å². The van der Waals surface area contributed by atoms with Crippen LogP contribution in [0, 0.1) is 0 Å². The molecule has 3 rings (SSSR count). The lowest BCUT2D eigenvalue weighted by molar-refractivity contribution is -0.132. The van der Waals surface area contributed by atoms with Crippen LogP contribution in [0.3, 0.4) is 0 Å². The molecule has 1 aromatic carbocycles. The van der Waals surface area contributed by atoms with Crippen LogP contribution in [0.25, 0.3) is 0 Å². The van der Waals surface area contributed by atoms with Gasteiger partial charge < -0.3 is 4.90 Å². The second-order valence-corrected chi connectivity index (χ2v) is 9.02. The van der Waals surface area contributed by atoms with Crippen LogP contribution in [0.2, 0.25) is 0 Å². The molecule has 2 aliphatic heterocycles. The van der Waals surface area contributed by atoms with E-state index in [1.54, 1.807) is 0 Å². The number of nitrogens with zero attached hydrogens (tertiary/aromatic N) is 1. The molecule has 2 nitrogen and oxygen atoms in total. The quantitative estimate of drug-likeness (QED) is 0.535. The number of rotatable bonds is 6. The number of carbonyl (C=O) groups excluding carboxylic acids is 1. The Morgan fingerprint density at radius 1 is 1.18 bits per heavy atom. The van der Waals surface area contributed by atoms with Crippen LogP contribution in [0.1, 0.15) is 56.6 Å². The summed E-state index contributed by atoms with van der Waals surface area (Å²) in [6, 6.07) is 10.8. The van der Waals surface area contributed by atoms with Gasteiger partial charge in [-0.3, -0.25) is 4.79 Å². The highest BCUT2D eigenvalue weighted by molar-refractivity contribution is 8.77. The Balaban J connectivity index is 1.44. The van der Waals surface area contributed by atoms with Gasteiger partial charge in [0.05, 0.1) is 6.04 Å². The topological polar surface area (TPSA) is 20.3 Å². The first kappa shape index (κ1) is 16.3. The third-order valence-electron chi connectivity index (χ3n) is 4.65. The highest BCUT2D eigenvalue weighted by Crippen LogP contribution is 2.40. The summed E-state index contributed by atoms with van der Waals surface area (Å²) in [6.45, 7) is 0.938. The van der Waals surface area contributed by atoms with Crippen molar-refractivity contribution in [2.45, 2.75) is 56.2 Å². The number of hydrogen-bond donors (Lipinski definition) is 0. The zero-order chi connectivity index (χ0) is 15.2. The van der Waals surface area contributed by atoms with Crippen molar-refractivity contribution in [3.05, 3.63) is 35.9 Å². The zero-order valence-corrected chi connectivity index (χ0v) is 14.7. The second kappa shape index (κ2) is 8.30. The third-order valence-corrected chi connectivity index (χ3v) is 7.66. The van der Waals surface area contributed by atoms with Gasteiger partial charge in [0.15, 0.2) is 0 Å². The van der Waals surface area contributed by atoms with E-state index in [9.17, 15) is 4.79 Å². The smallest absolute Gasteiger partial charge is 0.223 e. The van der Waals surface area contributed by atoms with E-state index in [0.29, 0.717) is 11.9 Å². The van der Waals surface area contributed by atoms with Crippen molar-refractivity contribution in [1.82, 2.24) is 4.90 Å². The summed E-state index contributed by atoms with van der Waals surface area (Å²) in [5.41, 5.74) is 1.30. The number of carbonyl (C=O) groups is 1. The Hall–Kier alpha value is -0.610. The maximum Gasteiger partial charge on any atom is 0.223 e. The molecule has 1 amide bonds. The molecule has 0 aromatic heterocycles. The number of hydrogen-bond acceptors (Lipinski definition) is 3. The Morgan fingerprint density at radius 3 is 2.82 bits per heavy atom. The average molecular weight is 336 g/mol. The molecular formula is C18H25NOS2. The fraction of sp³-hybridized carbons (Fsp3) is 0.611. The summed E-state index contributed by atoms with van der Waals surface area (Å²) in [4.78, 5) is 14.7. The molecule has 1 aromatic rings. The molecule has 0 N–H and O–H groups in total. The molecule has 4 heteroatoms. The molecule has 22 heavy (non-hydrogen) atoms. The predicted octanol–water partition coefficient (Wildman–Crippen LogP) is 5.06. The largest absolute Gasteiger partial charge is 0.336 e. The van der Waals surface area contributed by atoms with Gasteiger partial charge in [-0.2, -0.15) is 0 Å². The number of benzene rings is 1. The number of unbranched alkanes of at least 4 members (excludes halogenated alkanes) is 1. The lowest BCUT2D eigenvalue weighted by Crippen LogP contribution is -2.30. The van der Waals surface area contributed by atoms with E-state index < -0.39 is 0 Å². The van der Waals surface area contributed by atoms with Gasteiger partial charge in [-0.1, -0.05) is 58.3 Å². The molecule has 0 saturated carbocycles. The molecule has 2 heterocycles. The maximum absolute atomic E-state index is 12.5. The number of likely N-dealkylation sites (tertiary alicyclic amines) is 1. The van der Waals surface area contributed by atoms with Crippen LogP contribution in [0.15, 0.2) is 30.3 Å². The molecule has 0 spiro atoms. The molecule has 2 fully saturated rings. The monoisotopic (exact) mass is 335 g/mol. The van der Waals surface area contributed by atoms with Gasteiger partial charge in [-0.05, 0) is 37.7 Å². The summed E-state index contributed by atoms with van der Waals surface area (Å²) < 4.78 is 0. The molecule has 2 aliphatic rings. The summed E-state index contributed by atoms with van der Waals surface area (Å²) in [6.07, 6.45) is 7.88. The summed E-state index contributed by atoms with van der Waals surface area (Å²) in [7, 11) is 4.05. The predicted molar refractivity (Wildman–Crippen MR) is 97.1 cm³/mol. The highest BCUT2D eigenvalue weighted by Gasteiger charge is 2.29. The zero-order valence-electron chi connectivity index (χ0n) is 13.1. The minimum Gasteiger partial charge on any atom is -0.336 e. The van der Waals surface area contributed by atoms with Gasteiger partial charge in [0, 0.05) is 24.0 Å². The first-order chi connectivity index (χ1) is 10.8. The average Bonchev–Trinajstić information content (AvgIpc) is 3.23. The van der Waals surface area contributed by atoms with E-state index in [0.717, 1.165) is 37.5 Å². The minimum atomic E-state index is 0.315. The van der Waals surface area contributed by atoms with E-state index in [1.165, 1.54) is 30.6 Å². The van der Waals surface area contributed by atoms with Gasteiger partial charge >= 0.3 is 0 Å². The third kappa shape index (κ3) is 4.23. The summed E-state index contributed by atoms with van der Waals surface area (Å²) >= 11 is 0. The minimum absolute atomic E-state index is 0.315. The summed E-state index contributed by atoms with van der Waals surface area (Å²) in [5, 5.41) is 0.837. The lowest BCUT2D eigenvalue weighted by atomic mass is 10.0. The molecule has 2 saturated heterocycles. The highest BCUT2D eigenvalue weighted by atomic mass is 33.1. The van der Waals surface area contributed by atoms with Gasteiger partial charge in [-0.15, -0.1) is 0 Å². The first-order valence-corrected chi connectivity index (χ1v) is 10.9. The van der Waals surface area contributed by atoms with E-state index in [1.807, 2.05) is 27.7 Å². The van der Waals surface area contributed by atoms with Gasteiger partial charge in [0.1, 0.15) is 0 Å². The van der Waals surface area contributed by atoms with Crippen LogP contribution in [0.5, 0.6) is 0 Å². The Bertz CT molecular complexity index is 473. The van der Waals surface area contributed by atoms with E-state index in [4.69, 9.17) is 0 Å². The van der Waals surface area contributed by atoms with Crippen molar-refractivity contribution in [3.63, 3.8) is 0 Å². The van der Waals surface area contributed by atoms with Gasteiger partial charge in [0.25, 0.3) is 0 Å².